The molecule has 1 aromatic carbocycles. The van der Waals surface area contributed by atoms with Crippen LogP contribution in [-0.2, 0) is 19.6 Å². The van der Waals surface area contributed by atoms with Crippen molar-refractivity contribution in [2.45, 2.75) is 198 Å². The van der Waals surface area contributed by atoms with Crippen molar-refractivity contribution in [1.29, 1.82) is 0 Å². The number of benzene rings is 1. The van der Waals surface area contributed by atoms with Gasteiger partial charge in [0, 0.05) is 0 Å². The Balaban J connectivity index is 0.0000270. The minimum Gasteiger partial charge on any atom is -0.744 e. The maximum Gasteiger partial charge on any atom is 1.00 e. The maximum atomic E-state index is 13.0. The number of hydrogen-bond donors (Lipinski definition) is 0. The van der Waals surface area contributed by atoms with E-state index in [2.05, 4.69) is 13.2 Å². The van der Waals surface area contributed by atoms with Gasteiger partial charge in [-0.1, -0.05) is 172 Å². The third-order valence-corrected chi connectivity index (χ3v) is 10.7. The summed E-state index contributed by atoms with van der Waals surface area (Å²) in [5.74, 6) is -1.81. The van der Waals surface area contributed by atoms with Gasteiger partial charge in [-0.05, 0) is 50.7 Å². The third-order valence-electron chi connectivity index (χ3n) is 9.79. The summed E-state index contributed by atoms with van der Waals surface area (Å²) in [6.07, 6.45) is 39.6. The molecule has 0 aliphatic rings. The molecule has 0 aliphatic carbocycles. The molecule has 0 saturated carbocycles. The van der Waals surface area contributed by atoms with E-state index in [1.165, 1.54) is 141 Å². The van der Waals surface area contributed by atoms with Crippen molar-refractivity contribution >= 4 is 22.1 Å². The number of rotatable bonds is 37. The van der Waals surface area contributed by atoms with Crippen molar-refractivity contribution in [3.63, 3.8) is 0 Å². The Morgan fingerprint density at radius 2 is 0.811 bits per heavy atom. The van der Waals surface area contributed by atoms with Crippen molar-refractivity contribution < 1.29 is 83.4 Å². The minimum absolute atomic E-state index is 0. The first-order valence-corrected chi connectivity index (χ1v) is 22.4. The summed E-state index contributed by atoms with van der Waals surface area (Å²) < 4.78 is 46.7. The predicted octanol–water partition coefficient (Wildman–Crippen LogP) is 9.98. The molecule has 1 rings (SSSR count). The monoisotopic (exact) mass is 784 g/mol. The Hall–Kier alpha value is -0.814. The van der Waals surface area contributed by atoms with Crippen molar-refractivity contribution in [2.24, 2.45) is 0 Å². The summed E-state index contributed by atoms with van der Waals surface area (Å²) in [6.45, 7) is 7.79. The van der Waals surface area contributed by atoms with E-state index in [1.807, 2.05) is 12.2 Å². The Morgan fingerprint density at radius 3 is 1.13 bits per heavy atom. The van der Waals surface area contributed by atoms with Crippen molar-refractivity contribution in [2.75, 3.05) is 13.2 Å². The summed E-state index contributed by atoms with van der Waals surface area (Å²) in [7, 11) is -5.01. The second-order valence-electron chi connectivity index (χ2n) is 14.5. The van der Waals surface area contributed by atoms with E-state index in [-0.39, 0.29) is 70.2 Å². The molecule has 0 aliphatic heterocycles. The van der Waals surface area contributed by atoms with Gasteiger partial charge in [0.05, 0.1) is 29.2 Å². The van der Waals surface area contributed by atoms with Crippen LogP contribution in [0.25, 0.3) is 0 Å². The molecule has 53 heavy (non-hydrogen) atoms. The molecule has 0 amide bonds. The van der Waals surface area contributed by atoms with Crippen molar-refractivity contribution in [3.05, 3.63) is 54.6 Å². The van der Waals surface area contributed by atoms with E-state index in [4.69, 9.17) is 9.47 Å². The zero-order chi connectivity index (χ0) is 38.0. The first-order chi connectivity index (χ1) is 25.3. The first-order valence-electron chi connectivity index (χ1n) is 21.0. The van der Waals surface area contributed by atoms with Gasteiger partial charge in [0.15, 0.2) is 0 Å². The molecule has 7 nitrogen and oxygen atoms in total. The molecule has 0 atom stereocenters. The molecule has 9 heteroatoms. The zero-order valence-electron chi connectivity index (χ0n) is 33.7. The molecule has 0 aromatic heterocycles. The standard InChI is InChI=1S/C44H74O7S.K/c1-3-5-7-9-11-13-15-17-19-21-23-25-27-29-31-33-38-50-43(45)40-36-35-37-41(52(47,48)49)42(40)44(46)51-39-34-32-30-28-26-24-22-20-18-16-14-12-10-8-6-4-2;/h3-4,35-37H,1-2,5-34,38-39H2,(H,47,48,49);/q;+1/p-1. The van der Waals surface area contributed by atoms with Crippen molar-refractivity contribution in [3.8, 4) is 0 Å². The van der Waals surface area contributed by atoms with E-state index in [0.717, 1.165) is 57.4 Å². The van der Waals surface area contributed by atoms with E-state index in [9.17, 15) is 22.6 Å². The van der Waals surface area contributed by atoms with Crippen molar-refractivity contribution in [1.82, 2.24) is 0 Å². The Bertz CT molecular complexity index is 1180. The second kappa shape index (κ2) is 36.8. The molecule has 0 spiro atoms. The average molecular weight is 785 g/mol. The molecule has 0 fully saturated rings. The number of carbonyl (C=O) groups excluding carboxylic acids is 2. The maximum absolute atomic E-state index is 13.0. The summed E-state index contributed by atoms with van der Waals surface area (Å²) in [6, 6.07) is 3.62. The number of hydrogen-bond acceptors (Lipinski definition) is 7. The summed E-state index contributed by atoms with van der Waals surface area (Å²) in [5.41, 5.74) is -0.781. The van der Waals surface area contributed by atoms with Crippen LogP contribution in [0.2, 0.25) is 0 Å². The summed E-state index contributed by atoms with van der Waals surface area (Å²) >= 11 is 0. The molecule has 0 radical (unpaired) electrons. The fourth-order valence-corrected chi connectivity index (χ4v) is 7.31. The van der Waals surface area contributed by atoms with Gasteiger partial charge in [0.25, 0.3) is 0 Å². The quantitative estimate of drug-likeness (QED) is 0.0217. The van der Waals surface area contributed by atoms with Gasteiger partial charge in [-0.15, -0.1) is 13.2 Å². The van der Waals surface area contributed by atoms with E-state index in [1.54, 1.807) is 0 Å². The summed E-state index contributed by atoms with van der Waals surface area (Å²) in [4.78, 5) is 25.1. The van der Waals surface area contributed by atoms with Crippen LogP contribution in [0.15, 0.2) is 48.4 Å². The smallest absolute Gasteiger partial charge is 0.744 e. The zero-order valence-corrected chi connectivity index (χ0v) is 37.6. The largest absolute Gasteiger partial charge is 1.00 e. The van der Waals surface area contributed by atoms with E-state index >= 15 is 0 Å². The molecule has 0 bridgehead atoms. The van der Waals surface area contributed by atoms with Crippen LogP contribution in [0.1, 0.15) is 213 Å². The van der Waals surface area contributed by atoms with Gasteiger partial charge in [0.2, 0.25) is 0 Å². The molecule has 1 aromatic rings. The van der Waals surface area contributed by atoms with Gasteiger partial charge in [0.1, 0.15) is 10.1 Å². The third kappa shape index (κ3) is 29.1. The van der Waals surface area contributed by atoms with Crippen LogP contribution in [0.3, 0.4) is 0 Å². The fourth-order valence-electron chi connectivity index (χ4n) is 6.62. The number of unbranched alkanes of at least 4 members (excludes halogenated alkanes) is 28. The SMILES string of the molecule is C=CCCCCCCCCCCCCCCCCOC(=O)c1cccc(S(=O)(=O)[O-])c1C(=O)OCCCCCCCCCCCCCCCCC=C.[K+]. The number of allylic oxidation sites excluding steroid dienone is 2. The average Bonchev–Trinajstić information content (AvgIpc) is 3.13. The Labute approximate surface area is 367 Å². The molecular formula is C44H73KO7S. The molecule has 0 saturated heterocycles. The number of ether oxygens (including phenoxy) is 2. The van der Waals surface area contributed by atoms with Gasteiger partial charge in [-0.3, -0.25) is 0 Å². The van der Waals surface area contributed by atoms with Gasteiger partial charge >= 0.3 is 63.3 Å². The fraction of sp³-hybridized carbons (Fsp3) is 0.727. The molecule has 0 unspecified atom stereocenters. The summed E-state index contributed by atoms with van der Waals surface area (Å²) in [5, 5.41) is 0. The normalized spacial score (nSPS) is 11.2. The molecule has 0 N–H and O–H groups in total. The van der Waals surface area contributed by atoms with Crippen LogP contribution >= 0.6 is 0 Å². The predicted molar refractivity (Wildman–Crippen MR) is 214 cm³/mol. The Kier molecular flexibility index (Phi) is 36.2. The van der Waals surface area contributed by atoms with Gasteiger partial charge in [-0.25, -0.2) is 18.0 Å². The van der Waals surface area contributed by atoms with Crippen LogP contribution in [0.4, 0.5) is 0 Å². The first kappa shape index (κ1) is 52.2. The van der Waals surface area contributed by atoms with Crippen LogP contribution in [-0.4, -0.2) is 38.1 Å². The van der Waals surface area contributed by atoms with E-state index < -0.39 is 32.5 Å². The molecular weight excluding hydrogens is 712 g/mol. The number of carbonyl (C=O) groups is 2. The second-order valence-corrected chi connectivity index (χ2v) is 15.8. The topological polar surface area (TPSA) is 110 Å². The van der Waals surface area contributed by atoms with E-state index in [0.29, 0.717) is 12.8 Å². The van der Waals surface area contributed by atoms with Gasteiger partial charge < -0.3 is 14.0 Å². The molecule has 298 valence electrons. The minimum atomic E-state index is -5.01. The number of esters is 2. The van der Waals surface area contributed by atoms with Gasteiger partial charge in [-0.2, -0.15) is 0 Å². The van der Waals surface area contributed by atoms with Crippen LogP contribution in [0.5, 0.6) is 0 Å². The van der Waals surface area contributed by atoms with Crippen LogP contribution in [0, 0.1) is 0 Å². The molecule has 0 heterocycles. The Morgan fingerprint density at radius 1 is 0.509 bits per heavy atom. The van der Waals surface area contributed by atoms with Crippen LogP contribution < -0.4 is 51.4 Å².